The maximum Gasteiger partial charge on any atom is 0.345 e. The van der Waals surface area contributed by atoms with Crippen molar-refractivity contribution in [3.63, 3.8) is 0 Å². The van der Waals surface area contributed by atoms with Crippen LogP contribution in [0.4, 0.5) is 0 Å². The lowest BCUT2D eigenvalue weighted by molar-refractivity contribution is 0.0702. The zero-order chi connectivity index (χ0) is 14.1. The summed E-state index contributed by atoms with van der Waals surface area (Å²) in [4.78, 5) is 11.4. The van der Waals surface area contributed by atoms with Gasteiger partial charge in [-0.05, 0) is 29.1 Å². The number of hydrogen-bond acceptors (Lipinski definition) is 3. The summed E-state index contributed by atoms with van der Waals surface area (Å²) < 4.78 is 6.33. The van der Waals surface area contributed by atoms with Crippen molar-refractivity contribution in [2.24, 2.45) is 0 Å². The molecule has 0 amide bonds. The fraction of sp³-hybridized carbons (Fsp3) is 0.0625. The van der Waals surface area contributed by atoms with E-state index < -0.39 is 5.97 Å². The first-order valence-corrected chi connectivity index (χ1v) is 6.91. The van der Waals surface area contributed by atoms with Crippen LogP contribution < -0.4 is 4.74 Å². The van der Waals surface area contributed by atoms with Gasteiger partial charge < -0.3 is 9.84 Å². The number of fused-ring (bicyclic) bond motifs is 1. The van der Waals surface area contributed by atoms with Crippen LogP contribution >= 0.6 is 11.3 Å². The third-order valence-corrected chi connectivity index (χ3v) is 4.23. The van der Waals surface area contributed by atoms with Crippen LogP contribution in [0.3, 0.4) is 0 Å². The van der Waals surface area contributed by atoms with Gasteiger partial charge in [0.15, 0.2) is 0 Å². The van der Waals surface area contributed by atoms with Crippen molar-refractivity contribution in [3.05, 3.63) is 53.4 Å². The van der Waals surface area contributed by atoms with E-state index in [4.69, 9.17) is 9.84 Å². The molecule has 0 radical (unpaired) electrons. The maximum absolute atomic E-state index is 11.0. The fourth-order valence-corrected chi connectivity index (χ4v) is 3.13. The lowest BCUT2D eigenvalue weighted by Gasteiger charge is -2.08. The van der Waals surface area contributed by atoms with Crippen LogP contribution in [0.1, 0.15) is 9.67 Å². The molecule has 3 nitrogen and oxygen atoms in total. The number of methoxy groups -OCH3 is 1. The molecular weight excluding hydrogens is 272 g/mol. The van der Waals surface area contributed by atoms with Crippen molar-refractivity contribution in [1.29, 1.82) is 0 Å². The summed E-state index contributed by atoms with van der Waals surface area (Å²) >= 11 is 1.29. The molecule has 0 spiro atoms. The average molecular weight is 284 g/mol. The highest BCUT2D eigenvalue weighted by molar-refractivity contribution is 7.20. The van der Waals surface area contributed by atoms with E-state index in [0.717, 1.165) is 27.0 Å². The van der Waals surface area contributed by atoms with E-state index in [2.05, 4.69) is 0 Å². The molecule has 0 aliphatic heterocycles. The van der Waals surface area contributed by atoms with Gasteiger partial charge >= 0.3 is 5.97 Å². The topological polar surface area (TPSA) is 46.5 Å². The Bertz CT molecular complexity index is 789. The monoisotopic (exact) mass is 284 g/mol. The quantitative estimate of drug-likeness (QED) is 0.781. The minimum Gasteiger partial charge on any atom is -0.496 e. The lowest BCUT2D eigenvalue weighted by Crippen LogP contribution is -1.89. The van der Waals surface area contributed by atoms with E-state index in [1.54, 1.807) is 13.2 Å². The van der Waals surface area contributed by atoms with Gasteiger partial charge in [-0.3, -0.25) is 0 Å². The minimum absolute atomic E-state index is 0.358. The Morgan fingerprint density at radius 3 is 2.70 bits per heavy atom. The highest BCUT2D eigenvalue weighted by Crippen LogP contribution is 2.34. The number of thiophene rings is 1. The van der Waals surface area contributed by atoms with E-state index in [-0.39, 0.29) is 0 Å². The molecule has 100 valence electrons. The second-order valence-electron chi connectivity index (χ2n) is 4.37. The molecule has 4 heteroatoms. The Kier molecular flexibility index (Phi) is 3.16. The average Bonchev–Trinajstić information content (AvgIpc) is 2.90. The zero-order valence-corrected chi connectivity index (χ0v) is 11.6. The van der Waals surface area contributed by atoms with Gasteiger partial charge in [-0.1, -0.05) is 30.3 Å². The van der Waals surface area contributed by atoms with Crippen LogP contribution in [0.25, 0.3) is 21.2 Å². The van der Waals surface area contributed by atoms with Crippen molar-refractivity contribution >= 4 is 27.4 Å². The second kappa shape index (κ2) is 4.98. The van der Waals surface area contributed by atoms with Gasteiger partial charge in [0.2, 0.25) is 0 Å². The summed E-state index contributed by atoms with van der Waals surface area (Å²) in [5.74, 6) is -0.0769. The van der Waals surface area contributed by atoms with Crippen LogP contribution in [0.5, 0.6) is 5.75 Å². The summed E-state index contributed by atoms with van der Waals surface area (Å²) in [6, 6.07) is 15.4. The number of benzene rings is 2. The molecule has 0 fully saturated rings. The third-order valence-electron chi connectivity index (χ3n) is 3.15. The molecule has 0 aliphatic carbocycles. The molecule has 3 rings (SSSR count). The Morgan fingerprint density at radius 1 is 1.15 bits per heavy atom. The minimum atomic E-state index is -0.884. The number of rotatable bonds is 3. The molecule has 0 saturated carbocycles. The Morgan fingerprint density at radius 2 is 1.95 bits per heavy atom. The molecule has 0 aliphatic rings. The summed E-state index contributed by atoms with van der Waals surface area (Å²) in [5, 5.41) is 9.99. The van der Waals surface area contributed by atoms with Gasteiger partial charge in [0, 0.05) is 10.3 Å². The normalized spacial score (nSPS) is 10.7. The SMILES string of the molecule is COc1ccccc1-c1ccc2cc(C(=O)O)sc2c1. The number of aromatic carboxylic acids is 1. The largest absolute Gasteiger partial charge is 0.496 e. The van der Waals surface area contributed by atoms with Crippen molar-refractivity contribution in [2.75, 3.05) is 7.11 Å². The molecule has 0 unspecified atom stereocenters. The van der Waals surface area contributed by atoms with Crippen molar-refractivity contribution < 1.29 is 14.6 Å². The molecule has 1 aromatic heterocycles. The van der Waals surface area contributed by atoms with Crippen LogP contribution in [0.15, 0.2) is 48.5 Å². The van der Waals surface area contributed by atoms with Crippen molar-refractivity contribution in [2.45, 2.75) is 0 Å². The molecule has 1 N–H and O–H groups in total. The van der Waals surface area contributed by atoms with E-state index in [9.17, 15) is 4.79 Å². The number of carboxylic acid groups (broad SMARTS) is 1. The van der Waals surface area contributed by atoms with E-state index in [0.29, 0.717) is 4.88 Å². The highest BCUT2D eigenvalue weighted by Gasteiger charge is 2.10. The number of para-hydroxylation sites is 1. The van der Waals surface area contributed by atoms with Crippen LogP contribution in [0.2, 0.25) is 0 Å². The van der Waals surface area contributed by atoms with Crippen LogP contribution in [0, 0.1) is 0 Å². The standard InChI is InChI=1S/C16H12O3S/c1-19-13-5-3-2-4-12(13)10-6-7-11-9-15(16(17)18)20-14(11)8-10/h2-9H,1H3,(H,17,18). The molecule has 0 saturated heterocycles. The van der Waals surface area contributed by atoms with E-state index in [1.807, 2.05) is 42.5 Å². The highest BCUT2D eigenvalue weighted by atomic mass is 32.1. The van der Waals surface area contributed by atoms with Crippen LogP contribution in [-0.4, -0.2) is 18.2 Å². The number of hydrogen-bond donors (Lipinski definition) is 1. The second-order valence-corrected chi connectivity index (χ2v) is 5.45. The van der Waals surface area contributed by atoms with Gasteiger partial charge in [-0.15, -0.1) is 11.3 Å². The number of carboxylic acids is 1. The molecule has 0 atom stereocenters. The zero-order valence-electron chi connectivity index (χ0n) is 10.8. The van der Waals surface area contributed by atoms with Gasteiger partial charge in [0.05, 0.1) is 7.11 Å². The van der Waals surface area contributed by atoms with Crippen molar-refractivity contribution in [1.82, 2.24) is 0 Å². The maximum atomic E-state index is 11.0. The van der Waals surface area contributed by atoms with E-state index in [1.165, 1.54) is 11.3 Å². The molecule has 20 heavy (non-hydrogen) atoms. The van der Waals surface area contributed by atoms with Crippen LogP contribution in [-0.2, 0) is 0 Å². The van der Waals surface area contributed by atoms with Gasteiger partial charge in [0.25, 0.3) is 0 Å². The molecular formula is C16H12O3S. The first-order valence-electron chi connectivity index (χ1n) is 6.09. The Hall–Kier alpha value is -2.33. The van der Waals surface area contributed by atoms with Gasteiger partial charge in [-0.25, -0.2) is 4.79 Å². The lowest BCUT2D eigenvalue weighted by atomic mass is 10.0. The smallest absolute Gasteiger partial charge is 0.345 e. The first kappa shape index (κ1) is 12.7. The van der Waals surface area contributed by atoms with Gasteiger partial charge in [0.1, 0.15) is 10.6 Å². The van der Waals surface area contributed by atoms with Crippen molar-refractivity contribution in [3.8, 4) is 16.9 Å². The summed E-state index contributed by atoms with van der Waals surface area (Å²) in [7, 11) is 1.64. The predicted molar refractivity (Wildman–Crippen MR) is 80.8 cm³/mol. The van der Waals surface area contributed by atoms with Gasteiger partial charge in [-0.2, -0.15) is 0 Å². The first-order chi connectivity index (χ1) is 9.69. The predicted octanol–water partition coefficient (Wildman–Crippen LogP) is 4.28. The summed E-state index contributed by atoms with van der Waals surface area (Å²) in [5.41, 5.74) is 2.02. The fourth-order valence-electron chi connectivity index (χ4n) is 2.19. The van der Waals surface area contributed by atoms with E-state index >= 15 is 0 Å². The summed E-state index contributed by atoms with van der Waals surface area (Å²) in [6.07, 6.45) is 0. The third kappa shape index (κ3) is 2.14. The Labute approximate surface area is 120 Å². The number of carbonyl (C=O) groups is 1. The molecule has 3 aromatic rings. The number of ether oxygens (including phenoxy) is 1. The summed E-state index contributed by atoms with van der Waals surface area (Å²) in [6.45, 7) is 0. The molecule has 2 aromatic carbocycles. The molecule has 1 heterocycles. The molecule has 0 bridgehead atoms. The Balaban J connectivity index is 2.15.